The summed E-state index contributed by atoms with van der Waals surface area (Å²) in [6, 6.07) is 18.6. The summed E-state index contributed by atoms with van der Waals surface area (Å²) >= 11 is 0. The standard InChI is InChI=1S/C22H30O/c1-3-5-7-13-19(12-4-2)18-20-14-10-11-17-22(20)23-21-15-8-6-9-16-21/h6,8-11,14-17,19H,3-5,7,12-13,18H2,1-2H3. The lowest BCUT2D eigenvalue weighted by atomic mass is 9.90. The van der Waals surface area contributed by atoms with Gasteiger partial charge in [-0.15, -0.1) is 0 Å². The van der Waals surface area contributed by atoms with Gasteiger partial charge in [0.25, 0.3) is 0 Å². The van der Waals surface area contributed by atoms with Crippen molar-refractivity contribution < 1.29 is 4.74 Å². The Kier molecular flexibility index (Phi) is 7.72. The Morgan fingerprint density at radius 2 is 1.52 bits per heavy atom. The largest absolute Gasteiger partial charge is 0.457 e. The number of hydrogen-bond acceptors (Lipinski definition) is 1. The number of ether oxygens (including phenoxy) is 1. The predicted octanol–water partition coefficient (Wildman–Crippen LogP) is 7.02. The Labute approximate surface area is 141 Å². The van der Waals surface area contributed by atoms with Gasteiger partial charge in [-0.05, 0) is 36.1 Å². The van der Waals surface area contributed by atoms with Crippen molar-refractivity contribution in [3.63, 3.8) is 0 Å². The van der Waals surface area contributed by atoms with Crippen LogP contribution in [0.15, 0.2) is 54.6 Å². The van der Waals surface area contributed by atoms with Crippen molar-refractivity contribution in [2.24, 2.45) is 5.92 Å². The van der Waals surface area contributed by atoms with Crippen LogP contribution in [0.2, 0.25) is 0 Å². The lowest BCUT2D eigenvalue weighted by Crippen LogP contribution is -2.06. The van der Waals surface area contributed by atoms with E-state index >= 15 is 0 Å². The molecule has 0 saturated heterocycles. The van der Waals surface area contributed by atoms with Crippen molar-refractivity contribution in [1.29, 1.82) is 0 Å². The first-order valence-corrected chi connectivity index (χ1v) is 9.14. The molecule has 23 heavy (non-hydrogen) atoms. The molecule has 1 unspecified atom stereocenters. The molecule has 1 heteroatoms. The summed E-state index contributed by atoms with van der Waals surface area (Å²) in [5.74, 6) is 2.69. The van der Waals surface area contributed by atoms with Crippen LogP contribution >= 0.6 is 0 Å². The van der Waals surface area contributed by atoms with Gasteiger partial charge in [-0.2, -0.15) is 0 Å². The van der Waals surface area contributed by atoms with E-state index in [1.165, 1.54) is 44.1 Å². The first kappa shape index (κ1) is 17.6. The molecule has 0 fully saturated rings. The minimum absolute atomic E-state index is 0.770. The number of rotatable bonds is 10. The SMILES string of the molecule is CCCCCC(CCC)Cc1ccccc1Oc1ccccc1. The van der Waals surface area contributed by atoms with Crippen LogP contribution in [0.5, 0.6) is 11.5 Å². The second-order valence-corrected chi connectivity index (χ2v) is 6.38. The Morgan fingerprint density at radius 3 is 2.26 bits per heavy atom. The van der Waals surface area contributed by atoms with Crippen LogP contribution in [0.1, 0.15) is 57.9 Å². The van der Waals surface area contributed by atoms with Gasteiger partial charge in [0.05, 0.1) is 0 Å². The van der Waals surface area contributed by atoms with Gasteiger partial charge in [-0.3, -0.25) is 0 Å². The highest BCUT2D eigenvalue weighted by Gasteiger charge is 2.12. The zero-order chi connectivity index (χ0) is 16.3. The van der Waals surface area contributed by atoms with Gasteiger partial charge < -0.3 is 4.74 Å². The maximum atomic E-state index is 6.11. The first-order valence-electron chi connectivity index (χ1n) is 9.14. The fourth-order valence-corrected chi connectivity index (χ4v) is 3.14. The van der Waals surface area contributed by atoms with Gasteiger partial charge in [-0.1, -0.05) is 88.8 Å². The Balaban J connectivity index is 2.05. The zero-order valence-electron chi connectivity index (χ0n) is 14.6. The van der Waals surface area contributed by atoms with Gasteiger partial charge in [0.1, 0.15) is 11.5 Å². The molecule has 1 atom stereocenters. The van der Waals surface area contributed by atoms with E-state index in [1.54, 1.807) is 0 Å². The van der Waals surface area contributed by atoms with Crippen molar-refractivity contribution in [2.45, 2.75) is 58.8 Å². The maximum absolute atomic E-state index is 6.11. The van der Waals surface area contributed by atoms with Gasteiger partial charge in [-0.25, -0.2) is 0 Å². The molecule has 0 aliphatic heterocycles. The molecular weight excluding hydrogens is 280 g/mol. The fraction of sp³-hybridized carbons (Fsp3) is 0.455. The van der Waals surface area contributed by atoms with Crippen molar-refractivity contribution in [3.05, 3.63) is 60.2 Å². The molecule has 0 aromatic heterocycles. The third kappa shape index (κ3) is 6.09. The van der Waals surface area contributed by atoms with E-state index in [9.17, 15) is 0 Å². The Hall–Kier alpha value is -1.76. The molecule has 1 nitrogen and oxygen atoms in total. The molecule has 0 heterocycles. The molecule has 0 aliphatic rings. The van der Waals surface area contributed by atoms with Crippen LogP contribution in [0.3, 0.4) is 0 Å². The monoisotopic (exact) mass is 310 g/mol. The van der Waals surface area contributed by atoms with Crippen LogP contribution < -0.4 is 4.74 Å². The van der Waals surface area contributed by atoms with Crippen molar-refractivity contribution in [3.8, 4) is 11.5 Å². The predicted molar refractivity (Wildman–Crippen MR) is 99.2 cm³/mol. The highest BCUT2D eigenvalue weighted by atomic mass is 16.5. The van der Waals surface area contributed by atoms with Crippen molar-refractivity contribution in [2.75, 3.05) is 0 Å². The van der Waals surface area contributed by atoms with Crippen molar-refractivity contribution >= 4 is 0 Å². The van der Waals surface area contributed by atoms with E-state index in [-0.39, 0.29) is 0 Å². The van der Waals surface area contributed by atoms with E-state index in [1.807, 2.05) is 30.3 Å². The average molecular weight is 310 g/mol. The van der Waals surface area contributed by atoms with E-state index < -0.39 is 0 Å². The summed E-state index contributed by atoms with van der Waals surface area (Å²) in [6.45, 7) is 4.57. The summed E-state index contributed by atoms with van der Waals surface area (Å²) in [5.41, 5.74) is 1.34. The van der Waals surface area contributed by atoms with E-state index in [0.29, 0.717) is 0 Å². The summed E-state index contributed by atoms with van der Waals surface area (Å²) < 4.78 is 6.11. The molecule has 0 N–H and O–H groups in total. The van der Waals surface area contributed by atoms with Crippen LogP contribution in [-0.2, 0) is 6.42 Å². The van der Waals surface area contributed by atoms with Gasteiger partial charge in [0.2, 0.25) is 0 Å². The van der Waals surface area contributed by atoms with Crippen LogP contribution in [-0.4, -0.2) is 0 Å². The minimum Gasteiger partial charge on any atom is -0.457 e. The number of benzene rings is 2. The quantitative estimate of drug-likeness (QED) is 0.428. The summed E-state index contributed by atoms with van der Waals surface area (Å²) in [4.78, 5) is 0. The first-order chi connectivity index (χ1) is 11.3. The van der Waals surface area contributed by atoms with Crippen molar-refractivity contribution in [1.82, 2.24) is 0 Å². The molecule has 0 saturated carbocycles. The third-order valence-electron chi connectivity index (χ3n) is 4.37. The van der Waals surface area contributed by atoms with Crippen LogP contribution in [0.4, 0.5) is 0 Å². The van der Waals surface area contributed by atoms with E-state index in [4.69, 9.17) is 4.74 Å². The molecule has 2 rings (SSSR count). The zero-order valence-corrected chi connectivity index (χ0v) is 14.6. The average Bonchev–Trinajstić information content (AvgIpc) is 2.58. The number of para-hydroxylation sites is 2. The molecule has 0 spiro atoms. The Morgan fingerprint density at radius 1 is 0.783 bits per heavy atom. The summed E-state index contributed by atoms with van der Waals surface area (Å²) in [6.07, 6.45) is 9.03. The highest BCUT2D eigenvalue weighted by Crippen LogP contribution is 2.29. The highest BCUT2D eigenvalue weighted by molar-refractivity contribution is 5.38. The van der Waals surface area contributed by atoms with Gasteiger partial charge in [0, 0.05) is 0 Å². The van der Waals surface area contributed by atoms with Crippen LogP contribution in [0.25, 0.3) is 0 Å². The fourth-order valence-electron chi connectivity index (χ4n) is 3.14. The molecule has 124 valence electrons. The second kappa shape index (κ2) is 10.1. The molecule has 0 amide bonds. The third-order valence-corrected chi connectivity index (χ3v) is 4.37. The number of hydrogen-bond donors (Lipinski definition) is 0. The van der Waals surface area contributed by atoms with E-state index in [2.05, 4.69) is 38.1 Å². The lowest BCUT2D eigenvalue weighted by molar-refractivity contribution is 0.410. The topological polar surface area (TPSA) is 9.23 Å². The second-order valence-electron chi connectivity index (χ2n) is 6.38. The molecule has 0 radical (unpaired) electrons. The maximum Gasteiger partial charge on any atom is 0.130 e. The molecule has 2 aromatic rings. The smallest absolute Gasteiger partial charge is 0.130 e. The molecule has 0 aliphatic carbocycles. The summed E-state index contributed by atoms with van der Waals surface area (Å²) in [7, 11) is 0. The lowest BCUT2D eigenvalue weighted by Gasteiger charge is -2.18. The number of unbranched alkanes of at least 4 members (excludes halogenated alkanes) is 2. The Bertz CT molecular complexity index is 547. The molecular formula is C22H30O. The van der Waals surface area contributed by atoms with Crippen LogP contribution in [0, 0.1) is 5.92 Å². The van der Waals surface area contributed by atoms with Gasteiger partial charge >= 0.3 is 0 Å². The molecule has 0 bridgehead atoms. The minimum atomic E-state index is 0.770. The summed E-state index contributed by atoms with van der Waals surface area (Å²) in [5, 5.41) is 0. The van der Waals surface area contributed by atoms with Gasteiger partial charge in [0.15, 0.2) is 0 Å². The normalized spacial score (nSPS) is 12.1. The van der Waals surface area contributed by atoms with E-state index in [0.717, 1.165) is 23.8 Å². The molecule has 2 aromatic carbocycles.